The fraction of sp³-hybridized carbons (Fsp3) is 0.622. The van der Waals surface area contributed by atoms with E-state index in [-0.39, 0.29) is 168 Å². The van der Waals surface area contributed by atoms with Gasteiger partial charge in [0.15, 0.2) is 22.8 Å². The number of carbonyl (C=O) groups excluding carboxylic acids is 5. The first-order valence-corrected chi connectivity index (χ1v) is 41.8. The van der Waals surface area contributed by atoms with E-state index in [2.05, 4.69) is 204 Å². The number of aryl methyl sites for hydroxylation is 5. The van der Waals surface area contributed by atoms with Crippen LogP contribution in [0.5, 0.6) is 28.7 Å². The van der Waals surface area contributed by atoms with Crippen molar-refractivity contribution in [3.8, 4) is 28.7 Å². The van der Waals surface area contributed by atoms with E-state index in [1.54, 1.807) is 77.3 Å². The number of allylic oxidation sites excluding steroid dienone is 4. The molecule has 0 radical (unpaired) electrons. The summed E-state index contributed by atoms with van der Waals surface area (Å²) in [5, 5.41) is 78.0. The number of nitrogens with zero attached hydrogens (tertiary/aromatic N) is 5. The van der Waals surface area contributed by atoms with Crippen molar-refractivity contribution in [2.24, 2.45) is 92.0 Å². The van der Waals surface area contributed by atoms with E-state index in [0.29, 0.717) is 98.0 Å². The molecule has 116 heavy (non-hydrogen) atoms. The van der Waals surface area contributed by atoms with Crippen molar-refractivity contribution in [2.75, 3.05) is 0 Å². The number of aromatic hydroxyl groups is 5. The van der Waals surface area contributed by atoms with Crippen molar-refractivity contribution in [1.29, 1.82) is 0 Å². The Morgan fingerprint density at radius 1 is 0.440 bits per heavy atom. The monoisotopic (exact) mass is 1650 g/mol. The third kappa shape index (κ3) is 23.2. The highest BCUT2D eigenvalue weighted by molar-refractivity contribution is 6.30. The number of alkyl halides is 2. The SMILES string of the molecule is C[C@H]1C=CC(C)(C)CC(N)[C@@H]1C.Cc1cc[n+](O)c(C(=O)NC2CC(C)(C)C3OC3[C@H](C)[C@H]2C)c1O.Cc1ccnc(C(=O)NC2CC(C)(C)C(Cl)C(Cl)[C@H](C)[C@H]2C)c1O.Cc1ccnc(C(=O)NC2CC(C)(C)C3OC3[C@H](C)[C@H]2C)c1O.Cc1ccnc(C(=O)NC2CC(C)(C)C=C[C@H](C)[C@H]2C)c1O.Cc1ccnc(C(=O)[OH2+])c1O. The molecular weight excluding hydrogens is 1520 g/mol. The van der Waals surface area contributed by atoms with Crippen LogP contribution in [0.2, 0.25) is 0 Å². The lowest BCUT2D eigenvalue weighted by Crippen LogP contribution is -2.48. The summed E-state index contributed by atoms with van der Waals surface area (Å²) in [5.41, 5.74) is 9.21. The van der Waals surface area contributed by atoms with Gasteiger partial charge in [-0.2, -0.15) is 0 Å². The van der Waals surface area contributed by atoms with Crippen molar-refractivity contribution in [1.82, 2.24) is 41.2 Å². The maximum absolute atomic E-state index is 12.7. The molecule has 11 unspecified atom stereocenters. The number of hydrogen-bond donors (Lipinski definition) is 11. The third-order valence-corrected chi connectivity index (χ3v) is 27.7. The Bertz CT molecular complexity index is 4360. The summed E-state index contributed by atoms with van der Waals surface area (Å²) in [5.74, 6) is 0.613. The van der Waals surface area contributed by atoms with Gasteiger partial charge in [-0.3, -0.25) is 24.4 Å². The van der Waals surface area contributed by atoms with Gasteiger partial charge < -0.3 is 67.1 Å². The number of fused-ring (bicyclic) bond motifs is 2. The molecule has 0 aromatic carbocycles. The first-order chi connectivity index (χ1) is 53.7. The van der Waals surface area contributed by atoms with Crippen LogP contribution >= 0.6 is 23.2 Å². The molecule has 7 aliphatic rings. The second-order valence-electron chi connectivity index (χ2n) is 37.8. The quantitative estimate of drug-likeness (QED) is 0.0124. The first kappa shape index (κ1) is 95.0. The van der Waals surface area contributed by atoms with E-state index in [4.69, 9.17) is 48.6 Å². The smallest absolute Gasteiger partial charge is 0.560 e. The summed E-state index contributed by atoms with van der Waals surface area (Å²) < 4.78 is 12.4. The zero-order chi connectivity index (χ0) is 87.3. The average molecular weight is 1650 g/mol. The van der Waals surface area contributed by atoms with Crippen molar-refractivity contribution in [3.63, 3.8) is 0 Å². The average Bonchev–Trinajstić information content (AvgIpc) is 1.59. The van der Waals surface area contributed by atoms with Crippen LogP contribution in [0, 0.1) is 121 Å². The van der Waals surface area contributed by atoms with E-state index >= 15 is 0 Å². The van der Waals surface area contributed by atoms with Crippen LogP contribution in [0.1, 0.15) is 251 Å². The maximum atomic E-state index is 12.7. The lowest BCUT2D eigenvalue weighted by molar-refractivity contribution is -0.906. The van der Waals surface area contributed by atoms with E-state index in [1.165, 1.54) is 18.6 Å². The van der Waals surface area contributed by atoms with Gasteiger partial charge in [-0.25, -0.2) is 19.9 Å². The molecule has 0 bridgehead atoms. The molecule has 5 aromatic rings. The Labute approximate surface area is 697 Å². The predicted octanol–water partition coefficient (Wildman–Crippen LogP) is 14.6. The molecule has 14 N–H and O–H groups in total. The van der Waals surface area contributed by atoms with Crippen molar-refractivity contribution in [3.05, 3.63) is 142 Å². The van der Waals surface area contributed by atoms with Gasteiger partial charge in [0, 0.05) is 71.4 Å². The molecule has 5 aliphatic carbocycles. The van der Waals surface area contributed by atoms with Crippen LogP contribution in [0.4, 0.5) is 0 Å². The van der Waals surface area contributed by atoms with E-state index < -0.39 is 11.9 Å². The second-order valence-corrected chi connectivity index (χ2v) is 38.8. The summed E-state index contributed by atoms with van der Waals surface area (Å²) >= 11 is 13.2. The van der Waals surface area contributed by atoms with Gasteiger partial charge >= 0.3 is 17.6 Å². The zero-order valence-electron chi connectivity index (χ0n) is 72.9. The Kier molecular flexibility index (Phi) is 31.3. The number of hydrogen-bond acceptors (Lipinski definition) is 18. The molecule has 4 amide bonds. The fourth-order valence-electron chi connectivity index (χ4n) is 16.6. The number of ether oxygens (including phenoxy) is 2. The van der Waals surface area contributed by atoms with Crippen LogP contribution in [0.15, 0.2) is 85.6 Å². The van der Waals surface area contributed by atoms with E-state index in [9.17, 15) is 49.6 Å². The van der Waals surface area contributed by atoms with Gasteiger partial charge in [-0.1, -0.05) is 163 Å². The summed E-state index contributed by atoms with van der Waals surface area (Å²) in [6.07, 6.45) is 21.9. The van der Waals surface area contributed by atoms with Crippen LogP contribution in [0.25, 0.3) is 0 Å². The predicted molar refractivity (Wildman–Crippen MR) is 452 cm³/mol. The molecule has 0 spiro atoms. The van der Waals surface area contributed by atoms with Gasteiger partial charge in [0.05, 0.1) is 40.0 Å². The number of rotatable bonds is 9. The third-order valence-electron chi connectivity index (χ3n) is 26.1. The summed E-state index contributed by atoms with van der Waals surface area (Å²) in [7, 11) is 0. The second kappa shape index (κ2) is 38.3. The molecule has 2 aliphatic heterocycles. The topological polar surface area (TPSA) is 384 Å². The van der Waals surface area contributed by atoms with Gasteiger partial charge in [0.2, 0.25) is 11.9 Å². The van der Waals surface area contributed by atoms with Crippen LogP contribution in [-0.2, 0) is 9.47 Å². The van der Waals surface area contributed by atoms with Gasteiger partial charge in [0.25, 0.3) is 23.4 Å². The Morgan fingerprint density at radius 2 is 0.759 bits per heavy atom. The Hall–Kier alpha value is -8.16. The minimum Gasteiger partial charge on any atom is -0.560 e. The molecule has 5 fully saturated rings. The number of nitrogens with two attached hydrogens (primary N) is 1. The highest BCUT2D eigenvalue weighted by Crippen LogP contribution is 2.53. The van der Waals surface area contributed by atoms with Crippen LogP contribution in [-0.4, -0.2) is 151 Å². The highest BCUT2D eigenvalue weighted by atomic mass is 35.5. The van der Waals surface area contributed by atoms with Gasteiger partial charge in [-0.05, 0) is 199 Å². The molecule has 2 saturated heterocycles. The van der Waals surface area contributed by atoms with Crippen LogP contribution < -0.4 is 31.7 Å². The summed E-state index contributed by atoms with van der Waals surface area (Å²) in [4.78, 5) is 76.5. The number of pyridine rings is 5. The van der Waals surface area contributed by atoms with Crippen molar-refractivity contribution in [2.45, 2.75) is 271 Å². The molecule has 21 atom stereocenters. The summed E-state index contributed by atoms with van der Waals surface area (Å²) in [6, 6.07) is 8.49. The standard InChI is InChI=1S/C18H26Cl2N2O2.C18H26N2O4.C18H26N2O3.C18H26N2O2.C11H21N.C7H7NO3/c1-9-6-7-21-14(15(9)23)17(24)22-12-8-18(4,5)16(20)13(19)11(3)10(12)2;1-9-6-7-20(23)13(14(9)21)17(22)19-12-8-18(4,5)16-15(24-16)11(3)10(12)2;1-9-6-7-19-13(14(9)21)17(22)20-12-8-18(4,5)16-15(23-16)11(3)10(12)2;1-11-6-8-18(4,5)10-14(13(11)3)20-17(22)15-16(21)12(2)7-9-19-15;1-8-5-6-11(3,4)7-10(12)9(8)2;1-4-2-3-8-5(6(4)9)7(10)11/h6-7,10-13,16,23H,8H2,1-5H3,(H,22,24);6-7,10-12,15-16H,8H2,1-5H3,(H2-,19,21,22,23);6-7,10-12,15-16,21H,8H2,1-5H3,(H,20,22);6-9,11,13-14,21H,10H2,1-5H3,(H,20,22);5-6,8-10H,7,12H2,1-4H3;2-3,9H,1H3,(H,10,11)/p+2/t10-,11-,12?,13?,16?;2*10-,11-,12?,15?,16?;11-,13+,14?;8-,9+,10?;/m11100./s1. The lowest BCUT2D eigenvalue weighted by Gasteiger charge is -2.32. The Morgan fingerprint density at radius 3 is 1.14 bits per heavy atom. The minimum absolute atomic E-state index is 0.0224. The van der Waals surface area contributed by atoms with E-state index in [0.717, 1.165) is 25.7 Å². The lowest BCUT2D eigenvalue weighted by atomic mass is 9.81. The largest absolute Gasteiger partial charge is 0.571 e. The molecule has 7 heterocycles. The normalized spacial score (nSPS) is 31.1. The number of carbonyl (C=O) groups is 5. The first-order valence-electron chi connectivity index (χ1n) is 40.9. The van der Waals surface area contributed by atoms with Crippen LogP contribution in [0.3, 0.4) is 0 Å². The molecule has 3 saturated carbocycles. The maximum Gasteiger partial charge on any atom is 0.571 e. The number of aromatic nitrogens is 5. The number of epoxide rings is 2. The van der Waals surface area contributed by atoms with Crippen molar-refractivity contribution >= 4 is 52.8 Å². The number of amides is 4. The molecule has 26 heteroatoms. The molecule has 640 valence electrons. The number of halogens is 2. The Balaban J connectivity index is 0.000000196. The molecule has 12 rings (SSSR count). The van der Waals surface area contributed by atoms with Gasteiger partial charge in [-0.15, -0.1) is 23.2 Å². The fourth-order valence-corrected chi connectivity index (χ4v) is 17.5. The molecule has 24 nitrogen and oxygen atoms in total. The molecule has 5 aromatic heterocycles. The van der Waals surface area contributed by atoms with Gasteiger partial charge in [0.1, 0.15) is 17.2 Å². The van der Waals surface area contributed by atoms with E-state index in [1.807, 2.05) is 0 Å². The minimum atomic E-state index is -0.966. The molecular formula is C90H134Cl2N10O14+2. The summed E-state index contributed by atoms with van der Waals surface area (Å²) in [6.45, 7) is 52.0. The van der Waals surface area contributed by atoms with Crippen molar-refractivity contribution < 1.29 is 74.0 Å². The number of nitrogens with one attached hydrogen (secondary N) is 4. The zero-order valence-corrected chi connectivity index (χ0v) is 74.4. The highest BCUT2D eigenvalue weighted by Gasteiger charge is 2.59.